The van der Waals surface area contributed by atoms with Crippen LogP contribution in [0.3, 0.4) is 0 Å². The van der Waals surface area contributed by atoms with E-state index in [-0.39, 0.29) is 11.4 Å². The predicted molar refractivity (Wildman–Crippen MR) is 74.1 cm³/mol. The first-order valence-electron chi connectivity index (χ1n) is 6.29. The van der Waals surface area contributed by atoms with E-state index >= 15 is 0 Å². The lowest BCUT2D eigenvalue weighted by atomic mass is 10.1. The Morgan fingerprint density at radius 1 is 1.24 bits per heavy atom. The highest BCUT2D eigenvalue weighted by atomic mass is 19.1. The summed E-state index contributed by atoms with van der Waals surface area (Å²) in [6, 6.07) is 2.62. The number of methoxy groups -OCH3 is 1. The average molecular weight is 290 g/mol. The summed E-state index contributed by atoms with van der Waals surface area (Å²) in [4.78, 5) is 19.7. The Morgan fingerprint density at radius 3 is 2.57 bits per heavy atom. The molecule has 0 N–H and O–H groups in total. The summed E-state index contributed by atoms with van der Waals surface area (Å²) in [5.74, 6) is -0.689. The van der Waals surface area contributed by atoms with Gasteiger partial charge in [-0.1, -0.05) is 0 Å². The Bertz CT molecular complexity index is 702. The quantitative estimate of drug-likeness (QED) is 0.642. The minimum Gasteiger partial charge on any atom is -0.465 e. The first-order chi connectivity index (χ1) is 9.93. The minimum atomic E-state index is -0.596. The summed E-state index contributed by atoms with van der Waals surface area (Å²) in [7, 11) is 1.29. The summed E-state index contributed by atoms with van der Waals surface area (Å²) < 4.78 is 23.4. The van der Waals surface area contributed by atoms with Crippen LogP contribution in [-0.4, -0.2) is 23.0 Å². The molecule has 0 saturated heterocycles. The Balaban J connectivity index is 2.49. The maximum absolute atomic E-state index is 13.0. The van der Waals surface area contributed by atoms with Crippen molar-refractivity contribution in [1.82, 2.24) is 9.97 Å². The molecule has 6 heteroatoms. The highest BCUT2D eigenvalue weighted by molar-refractivity contribution is 5.93. The van der Waals surface area contributed by atoms with E-state index in [0.29, 0.717) is 11.4 Å². The van der Waals surface area contributed by atoms with Crippen LogP contribution in [0.15, 0.2) is 18.3 Å². The van der Waals surface area contributed by atoms with Gasteiger partial charge < -0.3 is 9.47 Å². The lowest BCUT2D eigenvalue weighted by Crippen LogP contribution is -2.09. The molecular formula is C15H15FN2O3. The largest absolute Gasteiger partial charge is 0.465 e. The van der Waals surface area contributed by atoms with E-state index in [1.165, 1.54) is 19.2 Å². The number of esters is 1. The fraction of sp³-hybridized carbons (Fsp3) is 0.267. The summed E-state index contributed by atoms with van der Waals surface area (Å²) in [5, 5.41) is 0. The van der Waals surface area contributed by atoms with Crippen LogP contribution in [0.5, 0.6) is 11.6 Å². The van der Waals surface area contributed by atoms with E-state index in [2.05, 4.69) is 9.97 Å². The van der Waals surface area contributed by atoms with Crippen LogP contribution in [0.4, 0.5) is 4.39 Å². The molecule has 2 heterocycles. The van der Waals surface area contributed by atoms with Crippen molar-refractivity contribution in [3.8, 4) is 11.6 Å². The number of rotatable bonds is 3. The lowest BCUT2D eigenvalue weighted by Gasteiger charge is -2.13. The number of nitrogens with zero attached hydrogens (tertiary/aromatic N) is 2. The van der Waals surface area contributed by atoms with Gasteiger partial charge in [0.1, 0.15) is 5.56 Å². The standard InChI is InChI=1S/C15H15FN2O3/c1-8-7-17-14(13(9(8)2)15(19)20-4)21-11-5-6-12(16)18-10(11)3/h5-7H,1-4H3. The van der Waals surface area contributed by atoms with Gasteiger partial charge in [0, 0.05) is 6.20 Å². The summed E-state index contributed by atoms with van der Waals surface area (Å²) in [5.41, 5.74) is 2.18. The molecule has 0 aliphatic carbocycles. The van der Waals surface area contributed by atoms with Crippen LogP contribution < -0.4 is 4.74 Å². The molecule has 2 rings (SSSR count). The van der Waals surface area contributed by atoms with Crippen LogP contribution in [0, 0.1) is 26.7 Å². The van der Waals surface area contributed by atoms with Gasteiger partial charge in [-0.05, 0) is 44.0 Å². The number of carbonyl (C=O) groups is 1. The SMILES string of the molecule is COC(=O)c1c(Oc2ccc(F)nc2C)ncc(C)c1C. The molecular weight excluding hydrogens is 275 g/mol. The van der Waals surface area contributed by atoms with Gasteiger partial charge in [-0.25, -0.2) is 14.8 Å². The molecule has 2 aromatic rings. The average Bonchev–Trinajstić information content (AvgIpc) is 2.45. The zero-order chi connectivity index (χ0) is 15.6. The fourth-order valence-corrected chi connectivity index (χ4v) is 1.82. The number of ether oxygens (including phenoxy) is 2. The van der Waals surface area contributed by atoms with Crippen molar-refractivity contribution in [2.75, 3.05) is 7.11 Å². The number of hydrogen-bond donors (Lipinski definition) is 0. The van der Waals surface area contributed by atoms with E-state index in [1.54, 1.807) is 20.0 Å². The second-order valence-electron chi connectivity index (χ2n) is 4.56. The van der Waals surface area contributed by atoms with Crippen molar-refractivity contribution >= 4 is 5.97 Å². The minimum absolute atomic E-state index is 0.112. The monoisotopic (exact) mass is 290 g/mol. The first kappa shape index (κ1) is 14.9. The molecule has 0 aliphatic heterocycles. The molecule has 0 spiro atoms. The van der Waals surface area contributed by atoms with Crippen molar-refractivity contribution in [2.24, 2.45) is 0 Å². The van der Waals surface area contributed by atoms with E-state index in [9.17, 15) is 9.18 Å². The molecule has 0 aliphatic rings. The summed E-state index contributed by atoms with van der Waals surface area (Å²) in [6.45, 7) is 5.23. The van der Waals surface area contributed by atoms with Gasteiger partial charge in [-0.2, -0.15) is 4.39 Å². The van der Waals surface area contributed by atoms with Gasteiger partial charge in [0.2, 0.25) is 11.8 Å². The van der Waals surface area contributed by atoms with Gasteiger partial charge in [-0.3, -0.25) is 0 Å². The molecule has 0 atom stereocenters. The van der Waals surface area contributed by atoms with E-state index in [1.807, 2.05) is 6.92 Å². The molecule has 0 aromatic carbocycles. The number of hydrogen-bond acceptors (Lipinski definition) is 5. The molecule has 0 radical (unpaired) electrons. The Hall–Kier alpha value is -2.50. The number of halogens is 1. The van der Waals surface area contributed by atoms with Gasteiger partial charge in [0.05, 0.1) is 12.8 Å². The van der Waals surface area contributed by atoms with Crippen molar-refractivity contribution < 1.29 is 18.7 Å². The highest BCUT2D eigenvalue weighted by Crippen LogP contribution is 2.28. The smallest absolute Gasteiger partial charge is 0.343 e. The topological polar surface area (TPSA) is 61.3 Å². The van der Waals surface area contributed by atoms with Gasteiger partial charge >= 0.3 is 5.97 Å². The normalized spacial score (nSPS) is 10.3. The molecule has 0 saturated carbocycles. The zero-order valence-electron chi connectivity index (χ0n) is 12.2. The maximum atomic E-state index is 13.0. The fourth-order valence-electron chi connectivity index (χ4n) is 1.82. The lowest BCUT2D eigenvalue weighted by molar-refractivity contribution is 0.0596. The van der Waals surface area contributed by atoms with Gasteiger partial charge in [0.15, 0.2) is 5.75 Å². The van der Waals surface area contributed by atoms with E-state index in [0.717, 1.165) is 11.1 Å². The van der Waals surface area contributed by atoms with Crippen molar-refractivity contribution in [3.63, 3.8) is 0 Å². The third-order valence-electron chi connectivity index (χ3n) is 3.16. The van der Waals surface area contributed by atoms with Crippen molar-refractivity contribution in [3.05, 3.63) is 46.7 Å². The van der Waals surface area contributed by atoms with Crippen LogP contribution >= 0.6 is 0 Å². The number of aryl methyl sites for hydroxylation is 2. The molecule has 0 unspecified atom stereocenters. The third-order valence-corrected chi connectivity index (χ3v) is 3.16. The molecule has 21 heavy (non-hydrogen) atoms. The number of pyridine rings is 2. The second-order valence-corrected chi connectivity index (χ2v) is 4.56. The van der Waals surface area contributed by atoms with Crippen molar-refractivity contribution in [1.29, 1.82) is 0 Å². The Morgan fingerprint density at radius 2 is 1.95 bits per heavy atom. The predicted octanol–water partition coefficient (Wildman–Crippen LogP) is 3.12. The summed E-state index contributed by atoms with van der Waals surface area (Å²) in [6.07, 6.45) is 1.60. The molecule has 2 aromatic heterocycles. The van der Waals surface area contributed by atoms with Crippen LogP contribution in [0.1, 0.15) is 27.2 Å². The third kappa shape index (κ3) is 2.99. The van der Waals surface area contributed by atoms with Gasteiger partial charge in [0.25, 0.3) is 0 Å². The Kier molecular flexibility index (Phi) is 4.16. The van der Waals surface area contributed by atoms with Crippen LogP contribution in [0.2, 0.25) is 0 Å². The van der Waals surface area contributed by atoms with Crippen LogP contribution in [-0.2, 0) is 4.74 Å². The molecule has 5 nitrogen and oxygen atoms in total. The zero-order valence-corrected chi connectivity index (χ0v) is 12.2. The number of aromatic nitrogens is 2. The molecule has 0 amide bonds. The van der Waals surface area contributed by atoms with E-state index in [4.69, 9.17) is 9.47 Å². The maximum Gasteiger partial charge on any atom is 0.343 e. The van der Waals surface area contributed by atoms with Crippen molar-refractivity contribution in [2.45, 2.75) is 20.8 Å². The molecule has 0 bridgehead atoms. The summed E-state index contributed by atoms with van der Waals surface area (Å²) >= 11 is 0. The molecule has 0 fully saturated rings. The Labute approximate surface area is 121 Å². The molecule has 110 valence electrons. The highest BCUT2D eigenvalue weighted by Gasteiger charge is 2.20. The van der Waals surface area contributed by atoms with Crippen LogP contribution in [0.25, 0.3) is 0 Å². The number of carbonyl (C=O) groups excluding carboxylic acids is 1. The first-order valence-corrected chi connectivity index (χ1v) is 6.29. The van der Waals surface area contributed by atoms with E-state index < -0.39 is 11.9 Å². The van der Waals surface area contributed by atoms with Gasteiger partial charge in [-0.15, -0.1) is 0 Å². The second kappa shape index (κ2) is 5.87.